The highest BCUT2D eigenvalue weighted by molar-refractivity contribution is 7.89. The van der Waals surface area contributed by atoms with Crippen molar-refractivity contribution in [1.29, 1.82) is 0 Å². The third kappa shape index (κ3) is 5.71. The topological polar surface area (TPSA) is 84.0 Å². The average molecular weight is 445 g/mol. The number of likely N-dealkylation sites (N-methyl/N-ethyl adjacent to an activating group) is 1. The predicted octanol–water partition coefficient (Wildman–Crippen LogP) is 2.99. The van der Waals surface area contributed by atoms with Gasteiger partial charge in [-0.1, -0.05) is 42.8 Å². The fourth-order valence-corrected chi connectivity index (χ4v) is 5.04. The van der Waals surface area contributed by atoms with E-state index in [9.17, 15) is 18.0 Å². The molecule has 1 amide bonds. The number of hydrogen-bond acceptors (Lipinski definition) is 5. The van der Waals surface area contributed by atoms with Crippen LogP contribution in [0.25, 0.3) is 0 Å². The number of carbonyl (C=O) groups is 2. The fourth-order valence-electron chi connectivity index (χ4n) is 3.50. The maximum absolute atomic E-state index is 12.9. The molecule has 3 rings (SSSR count). The van der Waals surface area contributed by atoms with Gasteiger partial charge in [-0.2, -0.15) is 4.31 Å². The van der Waals surface area contributed by atoms with E-state index in [0.29, 0.717) is 25.2 Å². The van der Waals surface area contributed by atoms with Gasteiger partial charge in [0.1, 0.15) is 0 Å². The second-order valence-electron chi connectivity index (χ2n) is 7.75. The van der Waals surface area contributed by atoms with E-state index in [4.69, 9.17) is 4.74 Å². The second kappa shape index (κ2) is 10.1. The summed E-state index contributed by atoms with van der Waals surface area (Å²) in [6, 6.07) is 13.9. The molecular weight excluding hydrogens is 416 g/mol. The summed E-state index contributed by atoms with van der Waals surface area (Å²) in [5, 5.41) is 0. The maximum atomic E-state index is 12.9. The number of piperidine rings is 1. The number of aryl methyl sites for hydroxylation is 1. The molecule has 1 heterocycles. The first kappa shape index (κ1) is 23.0. The van der Waals surface area contributed by atoms with E-state index in [-0.39, 0.29) is 16.4 Å². The van der Waals surface area contributed by atoms with Crippen molar-refractivity contribution in [2.75, 3.05) is 26.7 Å². The number of benzene rings is 2. The molecule has 0 radical (unpaired) electrons. The van der Waals surface area contributed by atoms with Gasteiger partial charge >= 0.3 is 5.97 Å². The van der Waals surface area contributed by atoms with Gasteiger partial charge in [0, 0.05) is 26.7 Å². The number of carbonyl (C=O) groups excluding carboxylic acids is 2. The monoisotopic (exact) mass is 444 g/mol. The Balaban J connectivity index is 1.66. The molecule has 0 bridgehead atoms. The first-order valence-corrected chi connectivity index (χ1v) is 11.8. The van der Waals surface area contributed by atoms with Gasteiger partial charge in [0.2, 0.25) is 10.0 Å². The molecule has 1 fully saturated rings. The molecule has 0 unspecified atom stereocenters. The van der Waals surface area contributed by atoms with Gasteiger partial charge in [-0.05, 0) is 43.0 Å². The van der Waals surface area contributed by atoms with Gasteiger partial charge in [0.15, 0.2) is 6.61 Å². The van der Waals surface area contributed by atoms with Crippen molar-refractivity contribution in [1.82, 2.24) is 9.21 Å². The minimum absolute atomic E-state index is 0.0690. The van der Waals surface area contributed by atoms with Crippen LogP contribution in [-0.4, -0.2) is 56.2 Å². The molecule has 0 N–H and O–H groups in total. The van der Waals surface area contributed by atoms with Crippen molar-refractivity contribution in [3.8, 4) is 0 Å². The quantitative estimate of drug-likeness (QED) is 0.613. The van der Waals surface area contributed by atoms with Crippen molar-refractivity contribution in [2.24, 2.45) is 0 Å². The summed E-state index contributed by atoms with van der Waals surface area (Å²) in [5.41, 5.74) is 1.71. The van der Waals surface area contributed by atoms with E-state index in [1.807, 2.05) is 30.3 Å². The molecule has 1 saturated heterocycles. The van der Waals surface area contributed by atoms with Crippen LogP contribution >= 0.6 is 0 Å². The molecule has 2 aromatic carbocycles. The fraction of sp³-hybridized carbons (Fsp3) is 0.391. The van der Waals surface area contributed by atoms with Crippen LogP contribution in [0.2, 0.25) is 0 Å². The molecule has 1 aliphatic rings. The lowest BCUT2D eigenvalue weighted by Gasteiger charge is -2.26. The zero-order valence-corrected chi connectivity index (χ0v) is 18.7. The third-order valence-electron chi connectivity index (χ3n) is 5.40. The van der Waals surface area contributed by atoms with Crippen molar-refractivity contribution in [3.63, 3.8) is 0 Å². The smallest absolute Gasteiger partial charge is 0.338 e. The second-order valence-corrected chi connectivity index (χ2v) is 9.69. The van der Waals surface area contributed by atoms with Gasteiger partial charge in [0.25, 0.3) is 5.91 Å². The molecule has 0 atom stereocenters. The molecule has 0 spiro atoms. The standard InChI is InChI=1S/C23H28N2O5S/c1-18-11-12-20(31(28,29)25-13-7-4-8-14-25)15-21(18)23(27)30-17-22(26)24(2)16-19-9-5-3-6-10-19/h3,5-6,9-12,15H,4,7-8,13-14,16-17H2,1-2H3. The number of amides is 1. The predicted molar refractivity (Wildman–Crippen MR) is 117 cm³/mol. The van der Waals surface area contributed by atoms with Crippen LogP contribution in [0.5, 0.6) is 0 Å². The lowest BCUT2D eigenvalue weighted by atomic mass is 10.1. The molecule has 2 aromatic rings. The number of rotatable bonds is 7. The summed E-state index contributed by atoms with van der Waals surface area (Å²) in [5.74, 6) is -1.05. The Kier molecular flexibility index (Phi) is 7.46. The highest BCUT2D eigenvalue weighted by Gasteiger charge is 2.27. The molecule has 166 valence electrons. The van der Waals surface area contributed by atoms with Gasteiger partial charge in [-0.15, -0.1) is 0 Å². The normalized spacial score (nSPS) is 14.8. The third-order valence-corrected chi connectivity index (χ3v) is 7.29. The van der Waals surface area contributed by atoms with E-state index in [1.165, 1.54) is 21.3 Å². The number of esters is 1. The van der Waals surface area contributed by atoms with Crippen molar-refractivity contribution >= 4 is 21.9 Å². The average Bonchev–Trinajstić information content (AvgIpc) is 2.78. The van der Waals surface area contributed by atoms with Gasteiger partial charge in [0.05, 0.1) is 10.5 Å². The van der Waals surface area contributed by atoms with Crippen LogP contribution in [0.15, 0.2) is 53.4 Å². The molecule has 1 aliphatic heterocycles. The van der Waals surface area contributed by atoms with Crippen LogP contribution in [0.4, 0.5) is 0 Å². The minimum Gasteiger partial charge on any atom is -0.452 e. The van der Waals surface area contributed by atoms with Crippen molar-refractivity contribution in [3.05, 3.63) is 65.2 Å². The highest BCUT2D eigenvalue weighted by atomic mass is 32.2. The summed E-state index contributed by atoms with van der Waals surface area (Å²) < 4.78 is 32.5. The highest BCUT2D eigenvalue weighted by Crippen LogP contribution is 2.23. The Morgan fingerprint density at radius 2 is 1.71 bits per heavy atom. The first-order chi connectivity index (χ1) is 14.8. The summed E-state index contributed by atoms with van der Waals surface area (Å²) in [4.78, 5) is 26.5. The summed E-state index contributed by atoms with van der Waals surface area (Å²) in [6.07, 6.45) is 2.68. The van der Waals surface area contributed by atoms with E-state index in [2.05, 4.69) is 0 Å². The number of nitrogens with zero attached hydrogens (tertiary/aromatic N) is 2. The molecule has 8 heteroatoms. The maximum Gasteiger partial charge on any atom is 0.338 e. The summed E-state index contributed by atoms with van der Waals surface area (Å²) in [6.45, 7) is 2.66. The van der Waals surface area contributed by atoms with Gasteiger partial charge < -0.3 is 9.64 Å². The van der Waals surface area contributed by atoms with Crippen molar-refractivity contribution in [2.45, 2.75) is 37.6 Å². The lowest BCUT2D eigenvalue weighted by Crippen LogP contribution is -2.35. The molecule has 0 saturated carbocycles. The Morgan fingerprint density at radius 3 is 2.39 bits per heavy atom. The molecular formula is C23H28N2O5S. The van der Waals surface area contributed by atoms with Gasteiger partial charge in [-0.3, -0.25) is 4.79 Å². The number of hydrogen-bond donors (Lipinski definition) is 0. The molecule has 0 aliphatic carbocycles. The van der Waals surface area contributed by atoms with Crippen LogP contribution in [0, 0.1) is 6.92 Å². The van der Waals surface area contributed by atoms with Crippen LogP contribution in [-0.2, 0) is 26.1 Å². The Bertz CT molecular complexity index is 1030. The van der Waals surface area contributed by atoms with Gasteiger partial charge in [-0.25, -0.2) is 13.2 Å². The Morgan fingerprint density at radius 1 is 1.03 bits per heavy atom. The largest absolute Gasteiger partial charge is 0.452 e. The molecule has 31 heavy (non-hydrogen) atoms. The lowest BCUT2D eigenvalue weighted by molar-refractivity contribution is -0.133. The van der Waals surface area contributed by atoms with E-state index >= 15 is 0 Å². The molecule has 0 aromatic heterocycles. The number of ether oxygens (including phenoxy) is 1. The van der Waals surface area contributed by atoms with Crippen molar-refractivity contribution < 1.29 is 22.7 Å². The zero-order chi connectivity index (χ0) is 22.4. The summed E-state index contributed by atoms with van der Waals surface area (Å²) >= 11 is 0. The Labute approximate surface area is 183 Å². The zero-order valence-electron chi connectivity index (χ0n) is 17.9. The van der Waals surface area contributed by atoms with E-state index in [0.717, 1.165) is 24.8 Å². The number of sulfonamides is 1. The summed E-state index contributed by atoms with van der Waals surface area (Å²) in [7, 11) is -2.02. The van der Waals surface area contributed by atoms with E-state index < -0.39 is 22.6 Å². The van der Waals surface area contributed by atoms with Crippen LogP contribution in [0.1, 0.15) is 40.7 Å². The SMILES string of the molecule is Cc1ccc(S(=O)(=O)N2CCCCC2)cc1C(=O)OCC(=O)N(C)Cc1ccccc1. The first-order valence-electron chi connectivity index (χ1n) is 10.3. The van der Waals surface area contributed by atoms with E-state index in [1.54, 1.807) is 20.0 Å². The Hall–Kier alpha value is -2.71. The van der Waals surface area contributed by atoms with Crippen LogP contribution < -0.4 is 0 Å². The molecule has 7 nitrogen and oxygen atoms in total. The van der Waals surface area contributed by atoms with Crippen LogP contribution in [0.3, 0.4) is 0 Å². The minimum atomic E-state index is -3.66.